The smallest absolute Gasteiger partial charge is 0.146 e. The standard InChI is InChI=1S/C15H23FN2O/c1-4-12-9-19-10(2)8-18(12)15-13(11(3)17)6-5-7-14(15)16/h5-7,10-12H,4,8-9,17H2,1-3H3/t10?,11-,12?/m1/s1. The summed E-state index contributed by atoms with van der Waals surface area (Å²) in [4.78, 5) is 2.13. The summed E-state index contributed by atoms with van der Waals surface area (Å²) in [6, 6.07) is 5.18. The predicted octanol–water partition coefficient (Wildman–Crippen LogP) is 2.85. The number of benzene rings is 1. The number of nitrogens with two attached hydrogens (primary N) is 1. The van der Waals surface area contributed by atoms with E-state index in [-0.39, 0.29) is 24.0 Å². The molecular weight excluding hydrogens is 243 g/mol. The van der Waals surface area contributed by atoms with E-state index in [0.717, 1.165) is 12.0 Å². The largest absolute Gasteiger partial charge is 0.375 e. The maximum Gasteiger partial charge on any atom is 0.146 e. The van der Waals surface area contributed by atoms with Gasteiger partial charge in [-0.05, 0) is 31.9 Å². The van der Waals surface area contributed by atoms with Crippen molar-refractivity contribution < 1.29 is 9.13 Å². The van der Waals surface area contributed by atoms with Gasteiger partial charge < -0.3 is 15.4 Å². The molecule has 0 aromatic heterocycles. The van der Waals surface area contributed by atoms with Gasteiger partial charge in [-0.1, -0.05) is 19.1 Å². The Bertz CT molecular complexity index is 436. The number of halogens is 1. The number of hydrogen-bond acceptors (Lipinski definition) is 3. The van der Waals surface area contributed by atoms with Crippen molar-refractivity contribution in [2.45, 2.75) is 45.4 Å². The second kappa shape index (κ2) is 5.88. The van der Waals surface area contributed by atoms with E-state index in [1.54, 1.807) is 6.07 Å². The molecule has 0 spiro atoms. The van der Waals surface area contributed by atoms with E-state index in [1.807, 2.05) is 19.9 Å². The van der Waals surface area contributed by atoms with Gasteiger partial charge in [0.05, 0.1) is 24.4 Å². The zero-order valence-corrected chi connectivity index (χ0v) is 11.9. The highest BCUT2D eigenvalue weighted by molar-refractivity contribution is 5.57. The van der Waals surface area contributed by atoms with Crippen LogP contribution in [-0.2, 0) is 4.74 Å². The van der Waals surface area contributed by atoms with Gasteiger partial charge in [0, 0.05) is 12.6 Å². The zero-order valence-electron chi connectivity index (χ0n) is 11.9. The minimum absolute atomic E-state index is 0.114. The van der Waals surface area contributed by atoms with Crippen LogP contribution in [0.15, 0.2) is 18.2 Å². The molecular formula is C15H23FN2O. The third-order valence-corrected chi connectivity index (χ3v) is 3.73. The summed E-state index contributed by atoms with van der Waals surface area (Å²) in [5.41, 5.74) is 7.51. The third-order valence-electron chi connectivity index (χ3n) is 3.73. The Hall–Kier alpha value is -1.13. The minimum atomic E-state index is -0.192. The highest BCUT2D eigenvalue weighted by atomic mass is 19.1. The van der Waals surface area contributed by atoms with Crippen molar-refractivity contribution >= 4 is 5.69 Å². The summed E-state index contributed by atoms with van der Waals surface area (Å²) in [5.74, 6) is -0.192. The van der Waals surface area contributed by atoms with Crippen LogP contribution in [0, 0.1) is 5.82 Å². The summed E-state index contributed by atoms with van der Waals surface area (Å²) >= 11 is 0. The summed E-state index contributed by atoms with van der Waals surface area (Å²) in [7, 11) is 0. The van der Waals surface area contributed by atoms with E-state index in [4.69, 9.17) is 10.5 Å². The molecule has 2 unspecified atom stereocenters. The fraction of sp³-hybridized carbons (Fsp3) is 0.600. The minimum Gasteiger partial charge on any atom is -0.375 e. The van der Waals surface area contributed by atoms with E-state index in [1.165, 1.54) is 6.07 Å². The Morgan fingerprint density at radius 1 is 1.53 bits per heavy atom. The predicted molar refractivity (Wildman–Crippen MR) is 75.8 cm³/mol. The van der Waals surface area contributed by atoms with Gasteiger partial charge in [0.25, 0.3) is 0 Å². The van der Waals surface area contributed by atoms with E-state index >= 15 is 0 Å². The van der Waals surface area contributed by atoms with Gasteiger partial charge in [0.2, 0.25) is 0 Å². The Labute approximate surface area is 114 Å². The SMILES string of the molecule is CCC1COC(C)CN1c1c(F)cccc1[C@@H](C)N. The molecule has 3 atom stereocenters. The number of hydrogen-bond donors (Lipinski definition) is 1. The van der Waals surface area contributed by atoms with Crippen LogP contribution < -0.4 is 10.6 Å². The average Bonchev–Trinajstić information content (AvgIpc) is 2.38. The lowest BCUT2D eigenvalue weighted by molar-refractivity contribution is 0.0296. The molecule has 0 radical (unpaired) electrons. The van der Waals surface area contributed by atoms with Crippen molar-refractivity contribution in [1.29, 1.82) is 0 Å². The molecule has 106 valence electrons. The number of para-hydroxylation sites is 1. The lowest BCUT2D eigenvalue weighted by atomic mass is 10.0. The molecule has 1 aromatic carbocycles. The molecule has 4 heteroatoms. The molecule has 1 aromatic rings. The normalized spacial score (nSPS) is 25.4. The first kappa shape index (κ1) is 14.3. The summed E-state index contributed by atoms with van der Waals surface area (Å²) in [6.07, 6.45) is 1.04. The van der Waals surface area contributed by atoms with Gasteiger partial charge in [-0.15, -0.1) is 0 Å². The van der Waals surface area contributed by atoms with Crippen molar-refractivity contribution in [2.75, 3.05) is 18.1 Å². The Morgan fingerprint density at radius 2 is 2.26 bits per heavy atom. The van der Waals surface area contributed by atoms with Gasteiger partial charge in [-0.25, -0.2) is 4.39 Å². The number of nitrogens with zero attached hydrogens (tertiary/aromatic N) is 1. The number of rotatable bonds is 3. The van der Waals surface area contributed by atoms with Crippen molar-refractivity contribution in [3.63, 3.8) is 0 Å². The fourth-order valence-electron chi connectivity index (χ4n) is 2.66. The molecule has 0 amide bonds. The first-order chi connectivity index (χ1) is 9.04. The van der Waals surface area contributed by atoms with E-state index in [0.29, 0.717) is 18.8 Å². The van der Waals surface area contributed by atoms with E-state index in [9.17, 15) is 4.39 Å². The van der Waals surface area contributed by atoms with Crippen LogP contribution in [0.3, 0.4) is 0 Å². The van der Waals surface area contributed by atoms with E-state index < -0.39 is 0 Å². The summed E-state index contributed by atoms with van der Waals surface area (Å²) in [5, 5.41) is 0. The monoisotopic (exact) mass is 266 g/mol. The zero-order chi connectivity index (χ0) is 14.0. The van der Waals surface area contributed by atoms with Gasteiger partial charge in [0.15, 0.2) is 0 Å². The molecule has 3 nitrogen and oxygen atoms in total. The van der Waals surface area contributed by atoms with Gasteiger partial charge in [-0.2, -0.15) is 0 Å². The molecule has 1 aliphatic heterocycles. The maximum atomic E-state index is 14.3. The van der Waals surface area contributed by atoms with Crippen molar-refractivity contribution in [1.82, 2.24) is 0 Å². The summed E-state index contributed by atoms with van der Waals surface area (Å²) in [6.45, 7) is 7.36. The van der Waals surface area contributed by atoms with Crippen LogP contribution in [0.5, 0.6) is 0 Å². The Kier molecular flexibility index (Phi) is 4.42. The van der Waals surface area contributed by atoms with Crippen LogP contribution in [0.4, 0.5) is 10.1 Å². The molecule has 1 aliphatic rings. The van der Waals surface area contributed by atoms with Crippen molar-refractivity contribution in [3.05, 3.63) is 29.6 Å². The average molecular weight is 266 g/mol. The molecule has 1 heterocycles. The molecule has 1 fully saturated rings. The Balaban J connectivity index is 2.43. The third kappa shape index (κ3) is 2.90. The first-order valence-electron chi connectivity index (χ1n) is 6.96. The molecule has 0 saturated carbocycles. The van der Waals surface area contributed by atoms with Crippen LogP contribution in [0.2, 0.25) is 0 Å². The summed E-state index contributed by atoms with van der Waals surface area (Å²) < 4.78 is 20.0. The number of ether oxygens (including phenoxy) is 1. The highest BCUT2D eigenvalue weighted by Gasteiger charge is 2.29. The van der Waals surface area contributed by atoms with Crippen LogP contribution >= 0.6 is 0 Å². The van der Waals surface area contributed by atoms with Crippen LogP contribution in [-0.4, -0.2) is 25.3 Å². The van der Waals surface area contributed by atoms with Crippen molar-refractivity contribution in [2.24, 2.45) is 5.73 Å². The molecule has 19 heavy (non-hydrogen) atoms. The second-order valence-electron chi connectivity index (χ2n) is 5.32. The topological polar surface area (TPSA) is 38.5 Å². The van der Waals surface area contributed by atoms with Crippen LogP contribution in [0.1, 0.15) is 38.8 Å². The van der Waals surface area contributed by atoms with Gasteiger partial charge in [0.1, 0.15) is 5.82 Å². The van der Waals surface area contributed by atoms with Gasteiger partial charge in [-0.3, -0.25) is 0 Å². The van der Waals surface area contributed by atoms with Gasteiger partial charge >= 0.3 is 0 Å². The van der Waals surface area contributed by atoms with Crippen LogP contribution in [0.25, 0.3) is 0 Å². The fourth-order valence-corrected chi connectivity index (χ4v) is 2.66. The number of anilines is 1. The molecule has 1 saturated heterocycles. The Morgan fingerprint density at radius 3 is 2.89 bits per heavy atom. The second-order valence-corrected chi connectivity index (χ2v) is 5.32. The maximum absolute atomic E-state index is 14.3. The molecule has 2 rings (SSSR count). The molecule has 0 bridgehead atoms. The molecule has 2 N–H and O–H groups in total. The first-order valence-corrected chi connectivity index (χ1v) is 6.96. The quantitative estimate of drug-likeness (QED) is 0.914. The lowest BCUT2D eigenvalue weighted by Crippen LogP contribution is -2.49. The molecule has 0 aliphatic carbocycles. The van der Waals surface area contributed by atoms with Crippen molar-refractivity contribution in [3.8, 4) is 0 Å². The highest BCUT2D eigenvalue weighted by Crippen LogP contribution is 2.32. The lowest BCUT2D eigenvalue weighted by Gasteiger charge is -2.41. The number of morpholine rings is 1. The van der Waals surface area contributed by atoms with E-state index in [2.05, 4.69) is 11.8 Å².